The van der Waals surface area contributed by atoms with Crippen LogP contribution >= 0.6 is 27.5 Å². The summed E-state index contributed by atoms with van der Waals surface area (Å²) in [6, 6.07) is 7.33. The predicted molar refractivity (Wildman–Crippen MR) is 79.4 cm³/mol. The molecule has 0 spiro atoms. The van der Waals surface area contributed by atoms with E-state index in [0.717, 1.165) is 22.2 Å². The standard InChI is InChI=1S/C14H11BrClF2NO/c1-20-13-3-2-9(15)4-8(13)7-19-14-11(16)5-10(17)6-12(14)18/h2-6,19H,7H2,1H3. The maximum atomic E-state index is 13.6. The molecule has 6 heteroatoms. The third kappa shape index (κ3) is 3.41. The summed E-state index contributed by atoms with van der Waals surface area (Å²) in [6.07, 6.45) is 0. The second-order valence-electron chi connectivity index (χ2n) is 4.05. The van der Waals surface area contributed by atoms with Crippen LogP contribution in [0.2, 0.25) is 5.02 Å². The summed E-state index contributed by atoms with van der Waals surface area (Å²) in [5.41, 5.74) is 0.886. The Labute approximate surface area is 128 Å². The minimum absolute atomic E-state index is 0.00327. The molecule has 0 atom stereocenters. The van der Waals surface area contributed by atoms with E-state index in [1.54, 1.807) is 13.2 Å². The Kier molecular flexibility index (Phi) is 4.83. The monoisotopic (exact) mass is 361 g/mol. The lowest BCUT2D eigenvalue weighted by molar-refractivity contribution is 0.410. The van der Waals surface area contributed by atoms with Crippen LogP contribution in [0.4, 0.5) is 14.5 Å². The molecule has 0 radical (unpaired) electrons. The quantitative estimate of drug-likeness (QED) is 0.826. The zero-order valence-electron chi connectivity index (χ0n) is 10.5. The Morgan fingerprint density at radius 3 is 2.65 bits per heavy atom. The number of methoxy groups -OCH3 is 1. The SMILES string of the molecule is COc1ccc(Br)cc1CNc1c(F)cc(F)cc1Cl. The lowest BCUT2D eigenvalue weighted by Gasteiger charge is -2.13. The van der Waals surface area contributed by atoms with E-state index in [2.05, 4.69) is 21.2 Å². The third-order valence-corrected chi connectivity index (χ3v) is 3.50. The van der Waals surface area contributed by atoms with Crippen LogP contribution in [0.3, 0.4) is 0 Å². The van der Waals surface area contributed by atoms with E-state index in [-0.39, 0.29) is 10.7 Å². The van der Waals surface area contributed by atoms with E-state index < -0.39 is 11.6 Å². The molecule has 2 aromatic rings. The summed E-state index contributed by atoms with van der Waals surface area (Å²) in [5, 5.41) is 2.85. The lowest BCUT2D eigenvalue weighted by Crippen LogP contribution is -2.04. The topological polar surface area (TPSA) is 21.3 Å². The molecule has 2 nitrogen and oxygen atoms in total. The number of benzene rings is 2. The van der Waals surface area contributed by atoms with Gasteiger partial charge in [0, 0.05) is 22.6 Å². The van der Waals surface area contributed by atoms with E-state index in [0.29, 0.717) is 12.3 Å². The highest BCUT2D eigenvalue weighted by Gasteiger charge is 2.11. The highest BCUT2D eigenvalue weighted by Crippen LogP contribution is 2.29. The maximum Gasteiger partial charge on any atom is 0.150 e. The molecule has 0 amide bonds. The molecule has 106 valence electrons. The minimum atomic E-state index is -0.732. The smallest absolute Gasteiger partial charge is 0.150 e. The van der Waals surface area contributed by atoms with Crippen molar-refractivity contribution in [3.63, 3.8) is 0 Å². The van der Waals surface area contributed by atoms with Gasteiger partial charge in [0.25, 0.3) is 0 Å². The normalized spacial score (nSPS) is 10.4. The molecule has 0 aliphatic carbocycles. The first-order chi connectivity index (χ1) is 9.51. The number of ether oxygens (including phenoxy) is 1. The fraction of sp³-hybridized carbons (Fsp3) is 0.143. The van der Waals surface area contributed by atoms with Crippen LogP contribution in [0.15, 0.2) is 34.8 Å². The van der Waals surface area contributed by atoms with Gasteiger partial charge < -0.3 is 10.1 Å². The van der Waals surface area contributed by atoms with Crippen LogP contribution in [-0.4, -0.2) is 7.11 Å². The Balaban J connectivity index is 2.23. The molecule has 0 fully saturated rings. The summed E-state index contributed by atoms with van der Waals surface area (Å²) in [5.74, 6) is -0.776. The summed E-state index contributed by atoms with van der Waals surface area (Å²) in [7, 11) is 1.55. The molecule has 0 heterocycles. The van der Waals surface area contributed by atoms with Crippen LogP contribution in [0.25, 0.3) is 0 Å². The molecule has 0 saturated heterocycles. The van der Waals surface area contributed by atoms with E-state index in [9.17, 15) is 8.78 Å². The van der Waals surface area contributed by atoms with Gasteiger partial charge in [0.15, 0.2) is 5.82 Å². The molecule has 1 N–H and O–H groups in total. The Hall–Kier alpha value is -1.33. The van der Waals surface area contributed by atoms with E-state index in [1.165, 1.54) is 0 Å². The van der Waals surface area contributed by atoms with Crippen molar-refractivity contribution in [3.05, 3.63) is 57.0 Å². The van der Waals surface area contributed by atoms with Gasteiger partial charge in [-0.3, -0.25) is 0 Å². The largest absolute Gasteiger partial charge is 0.496 e. The van der Waals surface area contributed by atoms with Crippen molar-refractivity contribution in [3.8, 4) is 5.75 Å². The lowest BCUT2D eigenvalue weighted by atomic mass is 10.2. The fourth-order valence-corrected chi connectivity index (χ4v) is 2.45. The number of halogens is 4. The van der Waals surface area contributed by atoms with Crippen molar-refractivity contribution in [2.45, 2.75) is 6.54 Å². The number of anilines is 1. The first-order valence-electron chi connectivity index (χ1n) is 5.72. The second kappa shape index (κ2) is 6.41. The van der Waals surface area contributed by atoms with Crippen LogP contribution in [0, 0.1) is 11.6 Å². The summed E-state index contributed by atoms with van der Waals surface area (Å²) < 4.78 is 32.7. The van der Waals surface area contributed by atoms with Gasteiger partial charge in [-0.1, -0.05) is 27.5 Å². The van der Waals surface area contributed by atoms with E-state index in [4.69, 9.17) is 16.3 Å². The number of nitrogens with one attached hydrogen (secondary N) is 1. The van der Waals surface area contributed by atoms with Crippen molar-refractivity contribution < 1.29 is 13.5 Å². The van der Waals surface area contributed by atoms with Gasteiger partial charge in [0.2, 0.25) is 0 Å². The third-order valence-electron chi connectivity index (χ3n) is 2.70. The summed E-state index contributed by atoms with van der Waals surface area (Å²) in [4.78, 5) is 0. The molecule has 20 heavy (non-hydrogen) atoms. The van der Waals surface area contributed by atoms with Gasteiger partial charge in [-0.2, -0.15) is 0 Å². The first-order valence-corrected chi connectivity index (χ1v) is 6.89. The molecule has 2 rings (SSSR count). The number of hydrogen-bond donors (Lipinski definition) is 1. The second-order valence-corrected chi connectivity index (χ2v) is 5.38. The van der Waals surface area contributed by atoms with Crippen LogP contribution in [-0.2, 0) is 6.54 Å². The molecular formula is C14H11BrClF2NO. The number of rotatable bonds is 4. The van der Waals surface area contributed by atoms with Gasteiger partial charge in [0.05, 0.1) is 17.8 Å². The average molecular weight is 363 g/mol. The van der Waals surface area contributed by atoms with Gasteiger partial charge in [-0.25, -0.2) is 8.78 Å². The predicted octanol–water partition coefficient (Wildman–Crippen LogP) is 5.00. The molecular weight excluding hydrogens is 352 g/mol. The van der Waals surface area contributed by atoms with E-state index >= 15 is 0 Å². The van der Waals surface area contributed by atoms with Crippen molar-refractivity contribution in [1.82, 2.24) is 0 Å². The molecule has 2 aromatic carbocycles. The zero-order valence-corrected chi connectivity index (χ0v) is 12.9. The highest BCUT2D eigenvalue weighted by atomic mass is 79.9. The molecule has 0 aromatic heterocycles. The molecule has 0 aliphatic heterocycles. The molecule has 0 unspecified atom stereocenters. The van der Waals surface area contributed by atoms with Crippen molar-refractivity contribution >= 4 is 33.2 Å². The fourth-order valence-electron chi connectivity index (χ4n) is 1.78. The zero-order chi connectivity index (χ0) is 14.7. The molecule has 0 saturated carbocycles. The Bertz CT molecular complexity index is 614. The average Bonchev–Trinajstić information content (AvgIpc) is 2.37. The van der Waals surface area contributed by atoms with Crippen molar-refractivity contribution in [1.29, 1.82) is 0 Å². The van der Waals surface area contributed by atoms with Crippen LogP contribution in [0.5, 0.6) is 5.75 Å². The van der Waals surface area contributed by atoms with Crippen LogP contribution in [0.1, 0.15) is 5.56 Å². The highest BCUT2D eigenvalue weighted by molar-refractivity contribution is 9.10. The molecule has 0 aliphatic rings. The van der Waals surface area contributed by atoms with Gasteiger partial charge in [-0.05, 0) is 24.3 Å². The van der Waals surface area contributed by atoms with Gasteiger partial charge >= 0.3 is 0 Å². The van der Waals surface area contributed by atoms with Gasteiger partial charge in [0.1, 0.15) is 11.6 Å². The Morgan fingerprint density at radius 1 is 1.25 bits per heavy atom. The summed E-state index contributed by atoms with van der Waals surface area (Å²) in [6.45, 7) is 0.297. The molecule has 0 bridgehead atoms. The van der Waals surface area contributed by atoms with Crippen molar-refractivity contribution in [2.75, 3.05) is 12.4 Å². The number of hydrogen-bond acceptors (Lipinski definition) is 2. The maximum absolute atomic E-state index is 13.6. The van der Waals surface area contributed by atoms with Gasteiger partial charge in [-0.15, -0.1) is 0 Å². The first kappa shape index (κ1) is 15.1. The summed E-state index contributed by atoms with van der Waals surface area (Å²) >= 11 is 9.18. The Morgan fingerprint density at radius 2 is 2.00 bits per heavy atom. The minimum Gasteiger partial charge on any atom is -0.496 e. The van der Waals surface area contributed by atoms with Crippen LogP contribution < -0.4 is 10.1 Å². The van der Waals surface area contributed by atoms with Crippen molar-refractivity contribution in [2.24, 2.45) is 0 Å². The van der Waals surface area contributed by atoms with E-state index in [1.807, 2.05) is 12.1 Å².